The molecular weight excluding hydrogens is 238 g/mol. The largest absolute Gasteiger partial charge is 0.456 e. The topological polar surface area (TPSA) is 38.3 Å². The van der Waals surface area contributed by atoms with Crippen LogP contribution >= 0.6 is 0 Å². The molecule has 1 fully saturated rings. The van der Waals surface area contributed by atoms with Crippen molar-refractivity contribution < 1.29 is 9.53 Å². The van der Waals surface area contributed by atoms with Gasteiger partial charge in [0.25, 0.3) is 0 Å². The Hall–Kier alpha value is -1.35. The van der Waals surface area contributed by atoms with Crippen molar-refractivity contribution in [1.29, 1.82) is 0 Å². The molecule has 1 aromatic rings. The fourth-order valence-electron chi connectivity index (χ4n) is 2.55. The highest BCUT2D eigenvalue weighted by molar-refractivity contribution is 5.91. The van der Waals surface area contributed by atoms with Crippen molar-refractivity contribution in [1.82, 2.24) is 5.32 Å². The third-order valence-electron chi connectivity index (χ3n) is 3.37. The first-order chi connectivity index (χ1) is 8.87. The summed E-state index contributed by atoms with van der Waals surface area (Å²) in [6, 6.07) is 8.31. The zero-order valence-electron chi connectivity index (χ0n) is 12.2. The summed E-state index contributed by atoms with van der Waals surface area (Å²) in [5, 5.41) is 3.43. The van der Waals surface area contributed by atoms with Crippen LogP contribution in [0.15, 0.2) is 24.3 Å². The second-order valence-electron chi connectivity index (χ2n) is 6.33. The lowest BCUT2D eigenvalue weighted by Crippen LogP contribution is -2.25. The summed E-state index contributed by atoms with van der Waals surface area (Å²) in [6.07, 6.45) is 1.07. The molecule has 1 N–H and O–H groups in total. The Morgan fingerprint density at radius 2 is 2.00 bits per heavy atom. The van der Waals surface area contributed by atoms with Crippen molar-refractivity contribution in [3.63, 3.8) is 0 Å². The van der Waals surface area contributed by atoms with Crippen LogP contribution in [0.3, 0.4) is 0 Å². The zero-order chi connectivity index (χ0) is 14.0. The van der Waals surface area contributed by atoms with Crippen molar-refractivity contribution in [2.45, 2.75) is 51.7 Å². The van der Waals surface area contributed by atoms with Crippen LogP contribution in [-0.2, 0) is 4.74 Å². The van der Waals surface area contributed by atoms with E-state index < -0.39 is 5.60 Å². The second kappa shape index (κ2) is 5.33. The molecule has 1 heterocycles. The van der Waals surface area contributed by atoms with Gasteiger partial charge in [0.15, 0.2) is 0 Å². The highest BCUT2D eigenvalue weighted by atomic mass is 16.6. The van der Waals surface area contributed by atoms with E-state index in [2.05, 4.69) is 12.2 Å². The molecule has 0 unspecified atom stereocenters. The fraction of sp³-hybridized carbons (Fsp3) is 0.562. The molecule has 1 aromatic carbocycles. The van der Waals surface area contributed by atoms with Crippen molar-refractivity contribution in [2.75, 3.05) is 6.54 Å². The molecule has 0 saturated carbocycles. The van der Waals surface area contributed by atoms with Gasteiger partial charge in [-0.1, -0.05) is 18.2 Å². The molecule has 3 heteroatoms. The van der Waals surface area contributed by atoms with Crippen molar-refractivity contribution >= 4 is 5.97 Å². The smallest absolute Gasteiger partial charge is 0.338 e. The van der Waals surface area contributed by atoms with Gasteiger partial charge in [-0.25, -0.2) is 4.79 Å². The van der Waals surface area contributed by atoms with E-state index in [1.54, 1.807) is 0 Å². The highest BCUT2D eigenvalue weighted by Gasteiger charge is 2.27. The number of ether oxygens (including phenoxy) is 1. The summed E-state index contributed by atoms with van der Waals surface area (Å²) < 4.78 is 5.49. The van der Waals surface area contributed by atoms with Crippen molar-refractivity contribution in [2.24, 2.45) is 0 Å². The minimum absolute atomic E-state index is 0.220. The first kappa shape index (κ1) is 14.1. The maximum Gasteiger partial charge on any atom is 0.338 e. The number of nitrogens with one attached hydrogen (secondary N) is 1. The van der Waals surface area contributed by atoms with Gasteiger partial charge in [-0.2, -0.15) is 0 Å². The Bertz CT molecular complexity index is 462. The lowest BCUT2D eigenvalue weighted by Gasteiger charge is -2.21. The molecule has 0 aromatic heterocycles. The van der Waals surface area contributed by atoms with E-state index in [4.69, 9.17) is 4.74 Å². The Morgan fingerprint density at radius 1 is 1.32 bits per heavy atom. The molecule has 2 rings (SSSR count). The van der Waals surface area contributed by atoms with Crippen LogP contribution in [0.1, 0.15) is 56.0 Å². The summed E-state index contributed by atoms with van der Waals surface area (Å²) in [4.78, 5) is 12.3. The van der Waals surface area contributed by atoms with Gasteiger partial charge < -0.3 is 10.1 Å². The van der Waals surface area contributed by atoms with Crippen LogP contribution in [0.2, 0.25) is 0 Å². The molecule has 1 aliphatic rings. The van der Waals surface area contributed by atoms with Gasteiger partial charge in [-0.3, -0.25) is 0 Å². The Morgan fingerprint density at radius 3 is 2.58 bits per heavy atom. The number of carbonyl (C=O) groups is 1. The minimum atomic E-state index is -0.453. The lowest BCUT2D eigenvalue weighted by molar-refractivity contribution is 0.00679. The number of hydrogen-bond donors (Lipinski definition) is 1. The number of rotatable bonds is 2. The molecule has 19 heavy (non-hydrogen) atoms. The van der Waals surface area contributed by atoms with E-state index in [1.165, 1.54) is 0 Å². The molecular formula is C16H23NO2. The molecule has 2 atom stereocenters. The van der Waals surface area contributed by atoms with Gasteiger partial charge in [0.05, 0.1) is 5.56 Å². The Balaban J connectivity index is 2.23. The second-order valence-corrected chi connectivity index (χ2v) is 6.33. The molecule has 0 radical (unpaired) electrons. The van der Waals surface area contributed by atoms with Gasteiger partial charge in [0.2, 0.25) is 0 Å². The van der Waals surface area contributed by atoms with E-state index in [0.29, 0.717) is 17.5 Å². The average Bonchev–Trinajstić information content (AvgIpc) is 2.73. The van der Waals surface area contributed by atoms with Gasteiger partial charge in [-0.05, 0) is 51.7 Å². The lowest BCUT2D eigenvalue weighted by atomic mass is 9.92. The van der Waals surface area contributed by atoms with Crippen molar-refractivity contribution in [3.8, 4) is 0 Å². The average molecular weight is 261 g/mol. The third kappa shape index (κ3) is 3.57. The van der Waals surface area contributed by atoms with Crippen LogP contribution in [0.5, 0.6) is 0 Å². The Kier molecular flexibility index (Phi) is 3.95. The van der Waals surface area contributed by atoms with Gasteiger partial charge in [-0.15, -0.1) is 0 Å². The van der Waals surface area contributed by atoms with Gasteiger partial charge >= 0.3 is 5.97 Å². The summed E-state index contributed by atoms with van der Waals surface area (Å²) in [7, 11) is 0. The Labute approximate surface area is 115 Å². The molecule has 0 bridgehead atoms. The van der Waals surface area contributed by atoms with Crippen LogP contribution in [0, 0.1) is 0 Å². The van der Waals surface area contributed by atoms with E-state index in [9.17, 15) is 4.79 Å². The standard InChI is InChI=1S/C16H23NO2/c1-11-9-12(10-17-11)13-7-5-6-8-14(13)15(18)19-16(2,3)4/h5-8,11-12,17H,9-10H2,1-4H3/t11-,12-/m1/s1. The molecule has 1 saturated heterocycles. The molecule has 3 nitrogen and oxygen atoms in total. The van der Waals surface area contributed by atoms with Crippen LogP contribution in [-0.4, -0.2) is 24.2 Å². The molecule has 104 valence electrons. The molecule has 0 amide bonds. The summed E-state index contributed by atoms with van der Waals surface area (Å²) in [6.45, 7) is 8.79. The number of hydrogen-bond acceptors (Lipinski definition) is 3. The monoisotopic (exact) mass is 261 g/mol. The van der Waals surface area contributed by atoms with Crippen molar-refractivity contribution in [3.05, 3.63) is 35.4 Å². The van der Waals surface area contributed by atoms with E-state index in [1.807, 2.05) is 45.0 Å². The predicted octanol–water partition coefficient (Wildman–Crippen LogP) is 3.11. The van der Waals surface area contributed by atoms with Gasteiger partial charge in [0, 0.05) is 12.6 Å². The van der Waals surface area contributed by atoms with Crippen LogP contribution < -0.4 is 5.32 Å². The summed E-state index contributed by atoms with van der Waals surface area (Å²) in [5.41, 5.74) is 1.36. The quantitative estimate of drug-likeness (QED) is 0.831. The van der Waals surface area contributed by atoms with E-state index in [-0.39, 0.29) is 5.97 Å². The van der Waals surface area contributed by atoms with E-state index in [0.717, 1.165) is 18.5 Å². The van der Waals surface area contributed by atoms with Gasteiger partial charge in [0.1, 0.15) is 5.60 Å². The summed E-state index contributed by atoms with van der Waals surface area (Å²) in [5.74, 6) is 0.182. The third-order valence-corrected chi connectivity index (χ3v) is 3.37. The molecule has 1 aliphatic heterocycles. The minimum Gasteiger partial charge on any atom is -0.456 e. The van der Waals surface area contributed by atoms with Crippen LogP contribution in [0.25, 0.3) is 0 Å². The van der Waals surface area contributed by atoms with Crippen LogP contribution in [0.4, 0.5) is 0 Å². The fourth-order valence-corrected chi connectivity index (χ4v) is 2.55. The predicted molar refractivity (Wildman–Crippen MR) is 76.4 cm³/mol. The first-order valence-electron chi connectivity index (χ1n) is 6.92. The number of esters is 1. The maximum atomic E-state index is 12.3. The normalized spacial score (nSPS) is 23.4. The molecule has 0 aliphatic carbocycles. The summed E-state index contributed by atoms with van der Waals surface area (Å²) >= 11 is 0. The zero-order valence-corrected chi connectivity index (χ0v) is 12.2. The SMILES string of the molecule is C[C@@H]1C[C@@H](c2ccccc2C(=O)OC(C)(C)C)CN1. The molecule has 0 spiro atoms. The first-order valence-corrected chi connectivity index (χ1v) is 6.92. The maximum absolute atomic E-state index is 12.3. The number of benzene rings is 1. The highest BCUT2D eigenvalue weighted by Crippen LogP contribution is 2.29. The number of carbonyl (C=O) groups excluding carboxylic acids is 1. The van der Waals surface area contributed by atoms with E-state index >= 15 is 0 Å².